The predicted octanol–water partition coefficient (Wildman–Crippen LogP) is 3.95. The van der Waals surface area contributed by atoms with E-state index in [1.54, 1.807) is 19.1 Å². The van der Waals surface area contributed by atoms with Gasteiger partial charge in [0.2, 0.25) is 0 Å². The topological polar surface area (TPSA) is 57.7 Å². The summed E-state index contributed by atoms with van der Waals surface area (Å²) >= 11 is 0. The van der Waals surface area contributed by atoms with E-state index in [1.165, 1.54) is 28.6 Å². The number of halogens is 2. The molecule has 0 N–H and O–H groups in total. The van der Waals surface area contributed by atoms with Gasteiger partial charge in [0, 0.05) is 18.7 Å². The quantitative estimate of drug-likeness (QED) is 0.679. The van der Waals surface area contributed by atoms with E-state index in [9.17, 15) is 22.0 Å². The van der Waals surface area contributed by atoms with Crippen LogP contribution in [0.4, 0.5) is 14.5 Å². The van der Waals surface area contributed by atoms with Crippen LogP contribution in [0.2, 0.25) is 0 Å². The predicted molar refractivity (Wildman–Crippen MR) is 108 cm³/mol. The molecule has 0 saturated heterocycles. The van der Waals surface area contributed by atoms with E-state index < -0.39 is 28.9 Å². The molecule has 156 valence electrons. The lowest BCUT2D eigenvalue weighted by Crippen LogP contribution is -2.37. The van der Waals surface area contributed by atoms with Crippen LogP contribution in [0.5, 0.6) is 0 Å². The van der Waals surface area contributed by atoms with E-state index in [2.05, 4.69) is 0 Å². The molecule has 0 atom stereocenters. The lowest BCUT2D eigenvalue weighted by atomic mass is 10.0. The van der Waals surface area contributed by atoms with Gasteiger partial charge in [0.05, 0.1) is 17.1 Å². The van der Waals surface area contributed by atoms with Gasteiger partial charge < -0.3 is 4.90 Å². The molecule has 0 spiro atoms. The van der Waals surface area contributed by atoms with Crippen LogP contribution in [0.1, 0.15) is 35.7 Å². The molecule has 3 rings (SSSR count). The van der Waals surface area contributed by atoms with Crippen molar-refractivity contribution in [3.63, 3.8) is 0 Å². The first-order chi connectivity index (χ1) is 13.8. The molecule has 1 aliphatic heterocycles. The number of hydrogen-bond donors (Lipinski definition) is 0. The highest BCUT2D eigenvalue weighted by Gasteiger charge is 2.30. The molecule has 0 aliphatic carbocycles. The fraction of sp³-hybridized carbons (Fsp3) is 0.381. The first kappa shape index (κ1) is 21.2. The summed E-state index contributed by atoms with van der Waals surface area (Å²) in [6, 6.07) is 13.0. The van der Waals surface area contributed by atoms with Gasteiger partial charge in [-0.1, -0.05) is 31.2 Å². The molecule has 0 aromatic heterocycles. The van der Waals surface area contributed by atoms with E-state index in [-0.39, 0.29) is 17.0 Å². The number of anilines is 1. The van der Waals surface area contributed by atoms with Crippen molar-refractivity contribution < 1.29 is 22.0 Å². The van der Waals surface area contributed by atoms with Crippen LogP contribution in [0.25, 0.3) is 0 Å². The number of fused-ring (bicyclic) bond motifs is 1. The Morgan fingerprint density at radius 2 is 1.93 bits per heavy atom. The molecule has 0 bridgehead atoms. The summed E-state index contributed by atoms with van der Waals surface area (Å²) in [6.45, 7) is 1.65. The van der Waals surface area contributed by atoms with Crippen molar-refractivity contribution in [1.29, 1.82) is 0 Å². The van der Waals surface area contributed by atoms with Gasteiger partial charge in [-0.3, -0.25) is 9.10 Å². The molecule has 29 heavy (non-hydrogen) atoms. The number of carbonyl (C=O) groups excluding carboxylic acids is 1. The largest absolute Gasteiger partial charge is 0.333 e. The molecule has 0 radical (unpaired) electrons. The van der Waals surface area contributed by atoms with Crippen molar-refractivity contribution in [2.45, 2.75) is 37.5 Å². The minimum absolute atomic E-state index is 0.0199. The molecule has 1 heterocycles. The summed E-state index contributed by atoms with van der Waals surface area (Å²) in [5.74, 6) is -0.594. The van der Waals surface area contributed by atoms with Crippen molar-refractivity contribution >= 4 is 21.6 Å². The second-order valence-electron chi connectivity index (χ2n) is 6.98. The second-order valence-corrected chi connectivity index (χ2v) is 8.84. The van der Waals surface area contributed by atoms with E-state index in [0.717, 1.165) is 16.9 Å². The second kappa shape index (κ2) is 8.90. The fourth-order valence-corrected chi connectivity index (χ4v) is 5.15. The standard InChI is InChI=1S/C21H24F2N2O3S/c1-2-12-24(15-20(22)23)21(26)17-8-5-10-18(14-17)29(27,28)25-13-6-9-16-7-3-4-11-19(16)25/h3-5,7-8,10-11,14,20H,2,6,9,12-13,15H2,1H3. The average Bonchev–Trinajstić information content (AvgIpc) is 2.72. The zero-order valence-electron chi connectivity index (χ0n) is 16.2. The first-order valence-corrected chi connectivity index (χ1v) is 11.1. The van der Waals surface area contributed by atoms with Crippen molar-refractivity contribution in [2.75, 3.05) is 23.9 Å². The van der Waals surface area contributed by atoms with Gasteiger partial charge in [-0.05, 0) is 49.1 Å². The Labute approximate surface area is 170 Å². The Kier molecular flexibility index (Phi) is 6.52. The van der Waals surface area contributed by atoms with Gasteiger partial charge in [0.1, 0.15) is 0 Å². The van der Waals surface area contributed by atoms with Crippen LogP contribution in [-0.4, -0.2) is 45.3 Å². The minimum atomic E-state index is -3.88. The number of benzene rings is 2. The third kappa shape index (κ3) is 4.58. The third-order valence-corrected chi connectivity index (χ3v) is 6.68. The number of sulfonamides is 1. The Bertz CT molecular complexity index is 979. The van der Waals surface area contributed by atoms with Crippen LogP contribution in [0.15, 0.2) is 53.4 Å². The highest BCUT2D eigenvalue weighted by molar-refractivity contribution is 7.92. The van der Waals surface area contributed by atoms with Crippen LogP contribution in [0.3, 0.4) is 0 Å². The molecule has 5 nitrogen and oxygen atoms in total. The van der Waals surface area contributed by atoms with Gasteiger partial charge in [0.15, 0.2) is 0 Å². The number of rotatable bonds is 7. The van der Waals surface area contributed by atoms with Crippen LogP contribution in [-0.2, 0) is 16.4 Å². The number of para-hydroxylation sites is 1. The summed E-state index contributed by atoms with van der Waals surface area (Å²) in [5.41, 5.74) is 1.69. The zero-order valence-corrected chi connectivity index (χ0v) is 17.0. The van der Waals surface area contributed by atoms with E-state index in [1.807, 2.05) is 12.1 Å². The molecule has 8 heteroatoms. The van der Waals surface area contributed by atoms with Gasteiger partial charge in [-0.25, -0.2) is 17.2 Å². The van der Waals surface area contributed by atoms with Crippen LogP contribution in [0, 0.1) is 0 Å². The molecule has 0 saturated carbocycles. The van der Waals surface area contributed by atoms with E-state index in [4.69, 9.17) is 0 Å². The lowest BCUT2D eigenvalue weighted by Gasteiger charge is -2.30. The van der Waals surface area contributed by atoms with Crippen LogP contribution >= 0.6 is 0 Å². The maximum Gasteiger partial charge on any atom is 0.264 e. The maximum absolute atomic E-state index is 13.3. The van der Waals surface area contributed by atoms with Gasteiger partial charge in [-0.2, -0.15) is 0 Å². The lowest BCUT2D eigenvalue weighted by molar-refractivity contribution is 0.0555. The van der Waals surface area contributed by atoms with E-state index >= 15 is 0 Å². The summed E-state index contributed by atoms with van der Waals surface area (Å²) in [5, 5.41) is 0. The Morgan fingerprint density at radius 1 is 1.17 bits per heavy atom. The Balaban J connectivity index is 1.94. The summed E-state index contributed by atoms with van der Waals surface area (Å²) in [7, 11) is -3.88. The average molecular weight is 422 g/mol. The fourth-order valence-electron chi connectivity index (χ4n) is 3.56. The first-order valence-electron chi connectivity index (χ1n) is 9.62. The molecule has 0 unspecified atom stereocenters. The third-order valence-electron chi connectivity index (χ3n) is 4.88. The van der Waals surface area contributed by atoms with Gasteiger partial charge >= 0.3 is 0 Å². The monoisotopic (exact) mass is 422 g/mol. The van der Waals surface area contributed by atoms with Crippen molar-refractivity contribution in [3.05, 3.63) is 59.7 Å². The summed E-state index contributed by atoms with van der Waals surface area (Å²) in [6.07, 6.45) is -0.614. The van der Waals surface area contributed by atoms with Crippen molar-refractivity contribution in [3.8, 4) is 0 Å². The SMILES string of the molecule is CCCN(CC(F)F)C(=O)c1cccc(S(=O)(=O)N2CCCc3ccccc32)c1. The maximum atomic E-state index is 13.3. The normalized spacial score (nSPS) is 14.0. The number of alkyl halides is 2. The molecular formula is C21H24F2N2O3S. The number of carbonyl (C=O) groups is 1. The highest BCUT2D eigenvalue weighted by atomic mass is 32.2. The van der Waals surface area contributed by atoms with Gasteiger partial charge in [0.25, 0.3) is 22.4 Å². The molecule has 2 aromatic rings. The molecular weight excluding hydrogens is 398 g/mol. The number of nitrogens with zero attached hydrogens (tertiary/aromatic N) is 2. The Hall–Kier alpha value is -2.48. The minimum Gasteiger partial charge on any atom is -0.333 e. The number of hydrogen-bond acceptors (Lipinski definition) is 3. The zero-order chi connectivity index (χ0) is 21.0. The van der Waals surface area contributed by atoms with Crippen molar-refractivity contribution in [1.82, 2.24) is 4.90 Å². The molecule has 2 aromatic carbocycles. The molecule has 1 amide bonds. The molecule has 1 aliphatic rings. The van der Waals surface area contributed by atoms with E-state index in [0.29, 0.717) is 25.1 Å². The Morgan fingerprint density at radius 3 is 2.66 bits per heavy atom. The highest BCUT2D eigenvalue weighted by Crippen LogP contribution is 2.32. The number of amides is 1. The summed E-state index contributed by atoms with van der Waals surface area (Å²) < 4.78 is 53.6. The van der Waals surface area contributed by atoms with Crippen LogP contribution < -0.4 is 4.31 Å². The van der Waals surface area contributed by atoms with Gasteiger partial charge in [-0.15, -0.1) is 0 Å². The van der Waals surface area contributed by atoms with Crippen molar-refractivity contribution in [2.24, 2.45) is 0 Å². The number of aryl methyl sites for hydroxylation is 1. The summed E-state index contributed by atoms with van der Waals surface area (Å²) in [4.78, 5) is 13.8. The molecule has 0 fully saturated rings. The smallest absolute Gasteiger partial charge is 0.264 e.